The molecule has 0 spiro atoms. The van der Waals surface area contributed by atoms with Crippen molar-refractivity contribution in [2.24, 2.45) is 0 Å². The lowest BCUT2D eigenvalue weighted by molar-refractivity contribution is 0.601. The topological polar surface area (TPSA) is 101 Å². The first-order valence-electron chi connectivity index (χ1n) is 8.16. The van der Waals surface area contributed by atoms with Crippen LogP contribution in [0, 0.1) is 0 Å². The Hall–Kier alpha value is -2.74. The Morgan fingerprint density at radius 3 is 2.46 bits per heavy atom. The first kappa shape index (κ1) is 18.6. The number of fused-ring (bicyclic) bond motifs is 1. The maximum atomic E-state index is 12.8. The molecule has 0 saturated heterocycles. The lowest BCUT2D eigenvalue weighted by Crippen LogP contribution is -2.15. The van der Waals surface area contributed by atoms with Crippen molar-refractivity contribution >= 4 is 55.5 Å². The molecule has 0 amide bonds. The van der Waals surface area contributed by atoms with Gasteiger partial charge in [0.25, 0.3) is 10.0 Å². The van der Waals surface area contributed by atoms with Crippen LogP contribution in [0.3, 0.4) is 0 Å². The van der Waals surface area contributed by atoms with Crippen LogP contribution in [0.25, 0.3) is 22.2 Å². The summed E-state index contributed by atoms with van der Waals surface area (Å²) in [5.41, 5.74) is 8.58. The van der Waals surface area contributed by atoms with Crippen molar-refractivity contribution in [3.05, 3.63) is 70.7 Å². The van der Waals surface area contributed by atoms with E-state index in [0.29, 0.717) is 5.69 Å². The fourth-order valence-corrected chi connectivity index (χ4v) is 5.00. The van der Waals surface area contributed by atoms with Crippen molar-refractivity contribution in [3.63, 3.8) is 0 Å². The van der Waals surface area contributed by atoms with Crippen molar-refractivity contribution in [3.8, 4) is 11.3 Å². The molecule has 28 heavy (non-hydrogen) atoms. The molecule has 1 aromatic heterocycles. The molecular weight excluding hydrogens is 419 g/mol. The van der Waals surface area contributed by atoms with Gasteiger partial charge in [-0.3, -0.25) is 9.82 Å². The molecule has 0 fully saturated rings. The number of anilines is 2. The number of benzene rings is 3. The molecule has 0 unspecified atom stereocenters. The van der Waals surface area contributed by atoms with Gasteiger partial charge >= 0.3 is 0 Å². The summed E-state index contributed by atoms with van der Waals surface area (Å²) in [7, 11) is -4.02. The van der Waals surface area contributed by atoms with E-state index in [1.165, 1.54) is 12.1 Å². The van der Waals surface area contributed by atoms with Gasteiger partial charge in [-0.05, 0) is 30.3 Å². The quantitative estimate of drug-likeness (QED) is 0.398. The second-order valence-corrected chi connectivity index (χ2v) is 8.57. The average molecular weight is 433 g/mol. The zero-order valence-corrected chi connectivity index (χ0v) is 16.6. The maximum Gasteiger partial charge on any atom is 0.265 e. The van der Waals surface area contributed by atoms with E-state index in [2.05, 4.69) is 14.9 Å². The van der Waals surface area contributed by atoms with Crippen molar-refractivity contribution < 1.29 is 8.42 Å². The smallest absolute Gasteiger partial charge is 0.265 e. The number of H-pyrrole nitrogens is 1. The van der Waals surface area contributed by atoms with Crippen LogP contribution in [-0.2, 0) is 10.0 Å². The number of rotatable bonds is 4. The number of hydrogen-bond donors (Lipinski definition) is 3. The summed E-state index contributed by atoms with van der Waals surface area (Å²) in [6.07, 6.45) is 0. The van der Waals surface area contributed by atoms with Gasteiger partial charge in [0.15, 0.2) is 0 Å². The molecule has 0 aliphatic heterocycles. The van der Waals surface area contributed by atoms with E-state index in [-0.39, 0.29) is 20.6 Å². The van der Waals surface area contributed by atoms with E-state index in [9.17, 15) is 8.42 Å². The Kier molecular flexibility index (Phi) is 4.66. The van der Waals surface area contributed by atoms with Gasteiger partial charge in [0.2, 0.25) is 0 Å². The normalized spacial score (nSPS) is 11.6. The van der Waals surface area contributed by atoms with E-state index >= 15 is 0 Å². The lowest BCUT2D eigenvalue weighted by Gasteiger charge is -2.12. The molecule has 0 saturated carbocycles. The first-order valence-corrected chi connectivity index (χ1v) is 10.4. The van der Waals surface area contributed by atoms with Gasteiger partial charge in [-0.25, -0.2) is 8.42 Å². The van der Waals surface area contributed by atoms with Crippen LogP contribution in [0.5, 0.6) is 0 Å². The largest absolute Gasteiger partial charge is 0.398 e. The minimum Gasteiger partial charge on any atom is -0.398 e. The molecule has 4 N–H and O–H groups in total. The van der Waals surface area contributed by atoms with Crippen molar-refractivity contribution in [2.75, 3.05) is 10.5 Å². The molecule has 0 atom stereocenters. The van der Waals surface area contributed by atoms with Gasteiger partial charge in [-0.15, -0.1) is 0 Å². The molecule has 142 valence electrons. The third-order valence-electron chi connectivity index (χ3n) is 4.17. The summed E-state index contributed by atoms with van der Waals surface area (Å²) in [6, 6.07) is 17.4. The lowest BCUT2D eigenvalue weighted by atomic mass is 10.1. The standard InChI is InChI=1S/C19H14Cl2N4O2S/c20-12-8-15(21)19(16(22)9-12)28(26,27)25-13-6-7-17-14(10-13)18(24-23-17)11-4-2-1-3-5-11/h1-10,25H,22H2,(H,23,24). The van der Waals surface area contributed by atoms with E-state index < -0.39 is 10.0 Å². The fourth-order valence-electron chi connectivity index (χ4n) is 2.96. The summed E-state index contributed by atoms with van der Waals surface area (Å²) in [5, 5.41) is 8.28. The molecule has 0 bridgehead atoms. The van der Waals surface area contributed by atoms with Gasteiger partial charge in [0.05, 0.1) is 21.9 Å². The molecule has 6 nitrogen and oxygen atoms in total. The van der Waals surface area contributed by atoms with Crippen LogP contribution >= 0.6 is 23.2 Å². The van der Waals surface area contributed by atoms with Gasteiger partial charge in [-0.1, -0.05) is 53.5 Å². The number of aromatic amines is 1. The number of nitrogens with two attached hydrogens (primary N) is 1. The number of nitrogens with zero attached hydrogens (tertiary/aromatic N) is 1. The highest BCUT2D eigenvalue weighted by Crippen LogP contribution is 2.33. The van der Waals surface area contributed by atoms with Crippen LogP contribution in [0.15, 0.2) is 65.6 Å². The van der Waals surface area contributed by atoms with Gasteiger partial charge in [0, 0.05) is 21.7 Å². The fraction of sp³-hybridized carbons (Fsp3) is 0. The van der Waals surface area contributed by atoms with Gasteiger partial charge in [-0.2, -0.15) is 5.10 Å². The highest BCUT2D eigenvalue weighted by atomic mass is 35.5. The van der Waals surface area contributed by atoms with Crippen LogP contribution < -0.4 is 10.5 Å². The molecule has 4 aromatic rings. The van der Waals surface area contributed by atoms with Gasteiger partial charge in [0.1, 0.15) is 4.90 Å². The summed E-state index contributed by atoms with van der Waals surface area (Å²) < 4.78 is 28.2. The highest BCUT2D eigenvalue weighted by Gasteiger charge is 2.22. The van der Waals surface area contributed by atoms with Crippen LogP contribution in [0.2, 0.25) is 10.0 Å². The Bertz CT molecular complexity index is 1270. The second kappa shape index (κ2) is 7.01. The Balaban J connectivity index is 1.76. The number of halogens is 2. The van der Waals surface area contributed by atoms with E-state index in [1.807, 2.05) is 30.3 Å². The van der Waals surface area contributed by atoms with Crippen molar-refractivity contribution in [1.82, 2.24) is 10.2 Å². The number of nitrogens with one attached hydrogen (secondary N) is 2. The Morgan fingerprint density at radius 2 is 1.75 bits per heavy atom. The molecule has 0 radical (unpaired) electrons. The highest BCUT2D eigenvalue weighted by molar-refractivity contribution is 7.93. The third-order valence-corrected chi connectivity index (χ3v) is 6.29. The minimum absolute atomic E-state index is 0.0284. The predicted molar refractivity (Wildman–Crippen MR) is 113 cm³/mol. The predicted octanol–water partition coefficient (Wildman–Crippen LogP) is 4.92. The second-order valence-electron chi connectivity index (χ2n) is 6.11. The number of aromatic nitrogens is 2. The molecule has 4 rings (SSSR count). The van der Waals surface area contributed by atoms with Crippen molar-refractivity contribution in [2.45, 2.75) is 4.90 Å². The zero-order chi connectivity index (χ0) is 19.9. The number of hydrogen-bond acceptors (Lipinski definition) is 4. The van der Waals surface area contributed by atoms with Crippen molar-refractivity contribution in [1.29, 1.82) is 0 Å². The maximum absolute atomic E-state index is 12.8. The van der Waals surface area contributed by atoms with E-state index in [1.54, 1.807) is 18.2 Å². The minimum atomic E-state index is -4.02. The molecular formula is C19H14Cl2N4O2S. The summed E-state index contributed by atoms with van der Waals surface area (Å²) in [5.74, 6) is 0. The third kappa shape index (κ3) is 3.40. The zero-order valence-electron chi connectivity index (χ0n) is 14.3. The van der Waals surface area contributed by atoms with E-state index in [0.717, 1.165) is 22.2 Å². The summed E-state index contributed by atoms with van der Waals surface area (Å²) in [6.45, 7) is 0. The molecule has 0 aliphatic carbocycles. The number of sulfonamides is 1. The average Bonchev–Trinajstić information content (AvgIpc) is 3.04. The SMILES string of the molecule is Nc1cc(Cl)cc(Cl)c1S(=O)(=O)Nc1ccc2[nH]nc(-c3ccccc3)c2c1. The Labute approximate surface area is 171 Å². The molecule has 9 heteroatoms. The first-order chi connectivity index (χ1) is 13.3. The molecule has 3 aromatic carbocycles. The van der Waals surface area contributed by atoms with Crippen LogP contribution in [0.1, 0.15) is 0 Å². The van der Waals surface area contributed by atoms with Crippen LogP contribution in [-0.4, -0.2) is 18.6 Å². The molecule has 1 heterocycles. The molecule has 0 aliphatic rings. The summed E-state index contributed by atoms with van der Waals surface area (Å²) >= 11 is 11.9. The monoisotopic (exact) mass is 432 g/mol. The Morgan fingerprint density at radius 1 is 1.00 bits per heavy atom. The summed E-state index contributed by atoms with van der Waals surface area (Å²) in [4.78, 5) is -0.214. The van der Waals surface area contributed by atoms with Crippen LogP contribution in [0.4, 0.5) is 11.4 Å². The van der Waals surface area contributed by atoms with E-state index in [4.69, 9.17) is 28.9 Å². The van der Waals surface area contributed by atoms with Gasteiger partial charge < -0.3 is 5.73 Å². The number of nitrogen functional groups attached to an aromatic ring is 1.